The zero-order valence-electron chi connectivity index (χ0n) is 22.8. The second-order valence-electron chi connectivity index (χ2n) is 9.73. The van der Waals surface area contributed by atoms with Crippen molar-refractivity contribution in [2.24, 2.45) is 0 Å². The minimum absolute atomic E-state index is 0.130. The molecule has 0 heterocycles. The topological polar surface area (TPSA) is 162 Å². The highest BCUT2D eigenvalue weighted by molar-refractivity contribution is 7.89. The maximum absolute atomic E-state index is 14.2. The Morgan fingerprint density at radius 2 is 1.04 bits per heavy atom. The molecule has 4 aromatic rings. The lowest BCUT2D eigenvalue weighted by molar-refractivity contribution is 0.0564. The van der Waals surface area contributed by atoms with Gasteiger partial charge in [0.25, 0.3) is 0 Å². The van der Waals surface area contributed by atoms with E-state index in [9.17, 15) is 35.1 Å². The van der Waals surface area contributed by atoms with E-state index in [4.69, 9.17) is 24.3 Å². The van der Waals surface area contributed by atoms with Crippen LogP contribution in [0.2, 0.25) is 0 Å². The minimum Gasteiger partial charge on any atom is -0.457 e. The molecule has 0 radical (unpaired) electrons. The van der Waals surface area contributed by atoms with Crippen molar-refractivity contribution in [3.63, 3.8) is 0 Å². The molecule has 0 spiro atoms. The highest BCUT2D eigenvalue weighted by Gasteiger charge is 2.51. The SMILES string of the molecule is O=P(O)(O)C(F)(F)c1ccc(CN(Cc2ccc(C(F)(F)P(=O)(O)O)cc2)S(=O)(=O)c2cccc(Oc3ccccc3)c2)cc1. The summed E-state index contributed by atoms with van der Waals surface area (Å²) in [6.45, 7) is -0.928. The van der Waals surface area contributed by atoms with Gasteiger partial charge in [0, 0.05) is 30.3 Å². The van der Waals surface area contributed by atoms with Gasteiger partial charge >= 0.3 is 26.5 Å². The van der Waals surface area contributed by atoms with Crippen LogP contribution in [0.4, 0.5) is 17.6 Å². The first kappa shape index (κ1) is 34.5. The maximum Gasteiger partial charge on any atom is 0.399 e. The highest BCUT2D eigenvalue weighted by atomic mass is 32.2. The van der Waals surface area contributed by atoms with E-state index in [0.717, 1.165) is 52.8 Å². The van der Waals surface area contributed by atoms with Gasteiger partial charge in [0.2, 0.25) is 10.0 Å². The van der Waals surface area contributed by atoms with Crippen molar-refractivity contribution in [1.82, 2.24) is 4.31 Å². The first-order valence-electron chi connectivity index (χ1n) is 12.7. The number of nitrogens with zero attached hydrogens (tertiary/aromatic N) is 1. The Morgan fingerprint density at radius 3 is 1.47 bits per heavy atom. The van der Waals surface area contributed by atoms with Crippen molar-refractivity contribution < 1.29 is 59.4 Å². The third-order valence-electron chi connectivity index (χ3n) is 6.47. The molecule has 0 aliphatic rings. The van der Waals surface area contributed by atoms with Crippen molar-refractivity contribution >= 4 is 25.2 Å². The van der Waals surface area contributed by atoms with E-state index in [1.807, 2.05) is 0 Å². The molecule has 0 atom stereocenters. The van der Waals surface area contributed by atoms with Crippen LogP contribution >= 0.6 is 15.2 Å². The number of ether oxygens (including phenoxy) is 1. The van der Waals surface area contributed by atoms with Gasteiger partial charge in [-0.15, -0.1) is 0 Å². The summed E-state index contributed by atoms with van der Waals surface area (Å²) in [5.74, 6) is 0.582. The molecule has 4 aromatic carbocycles. The number of benzene rings is 4. The van der Waals surface area contributed by atoms with Crippen LogP contribution in [0, 0.1) is 0 Å². The number of hydrogen-bond donors (Lipinski definition) is 4. The average molecular weight is 690 g/mol. The highest BCUT2D eigenvalue weighted by Crippen LogP contribution is 2.60. The molecule has 17 heteroatoms. The summed E-state index contributed by atoms with van der Waals surface area (Å²) in [5.41, 5.74) is -10.7. The fourth-order valence-electron chi connectivity index (χ4n) is 4.06. The Labute approximate surface area is 254 Å². The summed E-state index contributed by atoms with van der Waals surface area (Å²) in [4.78, 5) is 35.8. The number of sulfonamides is 1. The van der Waals surface area contributed by atoms with Gasteiger partial charge in [0.1, 0.15) is 11.5 Å². The Kier molecular flexibility index (Phi) is 9.79. The van der Waals surface area contributed by atoms with Crippen LogP contribution in [-0.4, -0.2) is 32.3 Å². The van der Waals surface area contributed by atoms with E-state index < -0.39 is 60.8 Å². The molecule has 240 valence electrons. The van der Waals surface area contributed by atoms with Crippen LogP contribution < -0.4 is 4.74 Å². The lowest BCUT2D eigenvalue weighted by Gasteiger charge is -2.24. The van der Waals surface area contributed by atoms with Crippen molar-refractivity contribution in [3.8, 4) is 11.5 Å². The van der Waals surface area contributed by atoms with Gasteiger partial charge < -0.3 is 24.3 Å². The summed E-state index contributed by atoms with van der Waals surface area (Å²) >= 11 is 0. The molecule has 0 saturated heterocycles. The molecule has 10 nitrogen and oxygen atoms in total. The largest absolute Gasteiger partial charge is 0.457 e. The van der Waals surface area contributed by atoms with E-state index in [1.165, 1.54) is 24.3 Å². The van der Waals surface area contributed by atoms with E-state index in [0.29, 0.717) is 5.75 Å². The van der Waals surface area contributed by atoms with Gasteiger partial charge in [-0.2, -0.15) is 21.9 Å². The second-order valence-corrected chi connectivity index (χ2v) is 15.0. The van der Waals surface area contributed by atoms with Crippen molar-refractivity contribution in [2.45, 2.75) is 29.3 Å². The van der Waals surface area contributed by atoms with E-state index in [1.54, 1.807) is 30.3 Å². The third-order valence-corrected chi connectivity index (χ3v) is 10.2. The summed E-state index contributed by atoms with van der Waals surface area (Å²) in [7, 11) is -16.1. The molecule has 0 aliphatic carbocycles. The summed E-state index contributed by atoms with van der Waals surface area (Å²) < 4.78 is 114. The van der Waals surface area contributed by atoms with E-state index >= 15 is 0 Å². The Morgan fingerprint density at radius 1 is 0.622 bits per heavy atom. The molecule has 4 N–H and O–H groups in total. The zero-order chi connectivity index (χ0) is 33.3. The first-order valence-corrected chi connectivity index (χ1v) is 17.4. The Bertz CT molecular complexity index is 1770. The Balaban J connectivity index is 1.69. The number of alkyl halides is 4. The van der Waals surface area contributed by atoms with Crippen molar-refractivity contribution in [3.05, 3.63) is 125 Å². The van der Waals surface area contributed by atoms with E-state index in [-0.39, 0.29) is 21.8 Å². The van der Waals surface area contributed by atoms with Gasteiger partial charge in [0.05, 0.1) is 4.90 Å². The van der Waals surface area contributed by atoms with Gasteiger partial charge in [-0.3, -0.25) is 9.13 Å². The van der Waals surface area contributed by atoms with Gasteiger partial charge in [-0.25, -0.2) is 8.42 Å². The summed E-state index contributed by atoms with van der Waals surface area (Å²) in [6.07, 6.45) is 0. The third kappa shape index (κ3) is 7.71. The first-order chi connectivity index (χ1) is 20.8. The Hall–Kier alpha value is -3.39. The average Bonchev–Trinajstić information content (AvgIpc) is 2.97. The minimum atomic E-state index is -5.86. The lowest BCUT2D eigenvalue weighted by Crippen LogP contribution is -2.30. The molecule has 0 amide bonds. The predicted octanol–water partition coefficient (Wildman–Crippen LogP) is 6.32. The quantitative estimate of drug-likeness (QED) is 0.0985. The number of hydrogen-bond acceptors (Lipinski definition) is 5. The van der Waals surface area contributed by atoms with Crippen LogP contribution in [0.15, 0.2) is 108 Å². The van der Waals surface area contributed by atoms with Crippen LogP contribution in [0.1, 0.15) is 22.3 Å². The van der Waals surface area contributed by atoms with Gasteiger partial charge in [0.15, 0.2) is 0 Å². The van der Waals surface area contributed by atoms with Crippen molar-refractivity contribution in [2.75, 3.05) is 0 Å². The summed E-state index contributed by atoms with van der Waals surface area (Å²) in [6, 6.07) is 21.1. The number of para-hydroxylation sites is 1. The molecule has 0 aromatic heterocycles. The fourth-order valence-corrected chi connectivity index (χ4v) is 6.49. The number of rotatable bonds is 12. The molecule has 0 aliphatic heterocycles. The van der Waals surface area contributed by atoms with E-state index in [2.05, 4.69) is 0 Å². The predicted molar refractivity (Wildman–Crippen MR) is 154 cm³/mol. The molecule has 0 saturated carbocycles. The molecule has 45 heavy (non-hydrogen) atoms. The fraction of sp³-hybridized carbons (Fsp3) is 0.143. The van der Waals surface area contributed by atoms with Gasteiger partial charge in [-0.1, -0.05) is 72.8 Å². The molecular weight excluding hydrogens is 664 g/mol. The molecule has 0 unspecified atom stereocenters. The summed E-state index contributed by atoms with van der Waals surface area (Å²) in [5, 5.41) is 0. The monoisotopic (exact) mass is 689 g/mol. The second kappa shape index (κ2) is 12.8. The smallest absolute Gasteiger partial charge is 0.399 e. The van der Waals surface area contributed by atoms with Crippen molar-refractivity contribution in [1.29, 1.82) is 0 Å². The van der Waals surface area contributed by atoms with Crippen LogP contribution in [0.25, 0.3) is 0 Å². The zero-order valence-corrected chi connectivity index (χ0v) is 25.4. The standard InChI is InChI=1S/C28H25F4NO9P2S/c29-27(30,43(34,35)36)22-13-9-20(10-14-22)18-33(19-21-11-15-23(16-12-21)28(31,32)44(37,38)39)45(40,41)26-8-4-7-25(17-26)42-24-5-2-1-3-6-24/h1-17H,18-19H2,(H2,34,35,36)(H2,37,38,39). The molecule has 0 bridgehead atoms. The lowest BCUT2D eigenvalue weighted by atomic mass is 10.1. The van der Waals surface area contributed by atoms with Gasteiger partial charge in [-0.05, 0) is 35.4 Å². The maximum atomic E-state index is 14.2. The molecule has 4 rings (SSSR count). The normalized spacial score (nSPS) is 13.2. The number of halogens is 4. The van der Waals surface area contributed by atoms with Crippen LogP contribution in [0.5, 0.6) is 11.5 Å². The molecular formula is C28H25F4NO9P2S. The van der Waals surface area contributed by atoms with Crippen LogP contribution in [0.3, 0.4) is 0 Å². The molecule has 0 fully saturated rings. The van der Waals surface area contributed by atoms with Crippen LogP contribution in [-0.2, 0) is 43.6 Å².